The van der Waals surface area contributed by atoms with Crippen molar-refractivity contribution in [3.8, 4) is 11.5 Å². The molecule has 8 heteroatoms. The van der Waals surface area contributed by atoms with Gasteiger partial charge in [-0.05, 0) is 37.8 Å². The molecule has 3 aliphatic heterocycles. The number of nitrogens with zero attached hydrogens (tertiary/aromatic N) is 4. The van der Waals surface area contributed by atoms with Gasteiger partial charge in [-0.25, -0.2) is 0 Å². The molecule has 5 rings (SSSR count). The first kappa shape index (κ1) is 18.7. The molecular weight excluding hydrogens is 372 g/mol. The number of likely N-dealkylation sites (tertiary alicyclic amines) is 1. The zero-order valence-corrected chi connectivity index (χ0v) is 16.5. The molecule has 3 saturated heterocycles. The maximum Gasteiger partial charge on any atom is 0.247 e. The lowest BCUT2D eigenvalue weighted by Gasteiger charge is -2.36. The van der Waals surface area contributed by atoms with Gasteiger partial charge in [0.1, 0.15) is 0 Å². The summed E-state index contributed by atoms with van der Waals surface area (Å²) in [6, 6.07) is 3.72. The highest BCUT2D eigenvalue weighted by molar-refractivity contribution is 5.79. The van der Waals surface area contributed by atoms with Crippen molar-refractivity contribution in [1.29, 1.82) is 0 Å². The molecule has 3 fully saturated rings. The number of amides is 1. The Kier molecular flexibility index (Phi) is 5.05. The molecular formula is C21H26N4O4. The second-order valence-electron chi connectivity index (χ2n) is 8.31. The van der Waals surface area contributed by atoms with Gasteiger partial charge in [0.2, 0.25) is 17.7 Å². The fourth-order valence-corrected chi connectivity index (χ4v) is 4.95. The van der Waals surface area contributed by atoms with E-state index >= 15 is 0 Å². The third-order valence-corrected chi connectivity index (χ3v) is 6.68. The minimum atomic E-state index is -0.0544. The number of pyridine rings is 1. The summed E-state index contributed by atoms with van der Waals surface area (Å²) in [5.41, 5.74) is 0.800. The number of aromatic nitrogens is 3. The van der Waals surface area contributed by atoms with Gasteiger partial charge < -0.3 is 18.8 Å². The number of carbonyl (C=O) groups excluding carboxylic acids is 1. The summed E-state index contributed by atoms with van der Waals surface area (Å²) >= 11 is 0. The van der Waals surface area contributed by atoms with Crippen LogP contribution in [0, 0.1) is 11.3 Å². The van der Waals surface area contributed by atoms with E-state index in [-0.39, 0.29) is 23.2 Å². The van der Waals surface area contributed by atoms with Gasteiger partial charge in [-0.3, -0.25) is 9.78 Å². The van der Waals surface area contributed by atoms with E-state index in [0.717, 1.165) is 37.8 Å². The molecule has 0 bridgehead atoms. The average Bonchev–Trinajstić information content (AvgIpc) is 3.40. The SMILES string of the molecule is O=C(C1CCOCC1)N1CC(c2nnc(-c3ccncc3)o2)C2(CCOCC2)C1. The predicted molar refractivity (Wildman–Crippen MR) is 103 cm³/mol. The first-order valence-electron chi connectivity index (χ1n) is 10.4. The Balaban J connectivity index is 1.41. The quantitative estimate of drug-likeness (QED) is 0.783. The summed E-state index contributed by atoms with van der Waals surface area (Å²) in [5, 5.41) is 8.67. The maximum atomic E-state index is 13.2. The second kappa shape index (κ2) is 7.84. The van der Waals surface area contributed by atoms with Crippen LogP contribution < -0.4 is 0 Å². The smallest absolute Gasteiger partial charge is 0.247 e. The minimum Gasteiger partial charge on any atom is -0.420 e. The van der Waals surface area contributed by atoms with Gasteiger partial charge in [0.05, 0.1) is 5.92 Å². The van der Waals surface area contributed by atoms with Crippen LogP contribution in [-0.2, 0) is 14.3 Å². The molecule has 2 aromatic heterocycles. The largest absolute Gasteiger partial charge is 0.420 e. The first-order chi connectivity index (χ1) is 14.3. The highest BCUT2D eigenvalue weighted by atomic mass is 16.5. The second-order valence-corrected chi connectivity index (χ2v) is 8.31. The van der Waals surface area contributed by atoms with E-state index in [1.165, 1.54) is 0 Å². The topological polar surface area (TPSA) is 90.6 Å². The number of ether oxygens (including phenoxy) is 2. The third-order valence-electron chi connectivity index (χ3n) is 6.68. The summed E-state index contributed by atoms with van der Waals surface area (Å²) in [6.45, 7) is 4.14. The lowest BCUT2D eigenvalue weighted by molar-refractivity contribution is -0.138. The van der Waals surface area contributed by atoms with Crippen LogP contribution in [0.15, 0.2) is 28.9 Å². The molecule has 1 unspecified atom stereocenters. The molecule has 1 atom stereocenters. The minimum absolute atomic E-state index is 0.0401. The third kappa shape index (κ3) is 3.55. The van der Waals surface area contributed by atoms with Gasteiger partial charge in [0.15, 0.2) is 0 Å². The molecule has 154 valence electrons. The zero-order chi connectivity index (χ0) is 19.7. The van der Waals surface area contributed by atoms with Crippen molar-refractivity contribution in [1.82, 2.24) is 20.1 Å². The van der Waals surface area contributed by atoms with Crippen LogP contribution in [-0.4, -0.2) is 65.5 Å². The molecule has 0 radical (unpaired) electrons. The fraction of sp³-hybridized carbons (Fsp3) is 0.619. The van der Waals surface area contributed by atoms with Gasteiger partial charge in [-0.1, -0.05) is 0 Å². The van der Waals surface area contributed by atoms with Crippen LogP contribution in [0.2, 0.25) is 0 Å². The van der Waals surface area contributed by atoms with Crippen molar-refractivity contribution in [2.75, 3.05) is 39.5 Å². The molecule has 8 nitrogen and oxygen atoms in total. The number of rotatable bonds is 3. The van der Waals surface area contributed by atoms with Crippen LogP contribution >= 0.6 is 0 Å². The Morgan fingerprint density at radius 3 is 2.52 bits per heavy atom. The molecule has 29 heavy (non-hydrogen) atoms. The van der Waals surface area contributed by atoms with E-state index in [1.807, 2.05) is 17.0 Å². The Labute approximate surface area is 169 Å². The molecule has 0 aromatic carbocycles. The fourth-order valence-electron chi connectivity index (χ4n) is 4.95. The predicted octanol–water partition coefficient (Wildman–Crippen LogP) is 2.28. The molecule has 0 N–H and O–H groups in total. The van der Waals surface area contributed by atoms with E-state index < -0.39 is 0 Å². The number of hydrogen-bond donors (Lipinski definition) is 0. The Hall–Kier alpha value is -2.32. The normalized spacial score (nSPS) is 24.8. The van der Waals surface area contributed by atoms with E-state index in [2.05, 4.69) is 15.2 Å². The summed E-state index contributed by atoms with van der Waals surface area (Å²) in [5.74, 6) is 1.48. The van der Waals surface area contributed by atoms with Crippen LogP contribution in [0.25, 0.3) is 11.5 Å². The summed E-state index contributed by atoms with van der Waals surface area (Å²) in [4.78, 5) is 19.3. The summed E-state index contributed by atoms with van der Waals surface area (Å²) in [6.07, 6.45) is 6.85. The van der Waals surface area contributed by atoms with Crippen molar-refractivity contribution in [3.63, 3.8) is 0 Å². The zero-order valence-electron chi connectivity index (χ0n) is 16.5. The van der Waals surface area contributed by atoms with Gasteiger partial charge in [0, 0.05) is 68.8 Å². The number of hydrogen-bond acceptors (Lipinski definition) is 7. The molecule has 5 heterocycles. The van der Waals surface area contributed by atoms with Gasteiger partial charge in [-0.15, -0.1) is 10.2 Å². The van der Waals surface area contributed by atoms with Crippen molar-refractivity contribution >= 4 is 5.91 Å². The van der Waals surface area contributed by atoms with E-state index in [9.17, 15) is 4.79 Å². The monoisotopic (exact) mass is 398 g/mol. The Morgan fingerprint density at radius 1 is 1.03 bits per heavy atom. The maximum absolute atomic E-state index is 13.2. The van der Waals surface area contributed by atoms with E-state index in [0.29, 0.717) is 44.8 Å². The van der Waals surface area contributed by atoms with Crippen LogP contribution in [0.1, 0.15) is 37.5 Å². The molecule has 3 aliphatic rings. The van der Waals surface area contributed by atoms with Crippen LogP contribution in [0.5, 0.6) is 0 Å². The van der Waals surface area contributed by atoms with Crippen molar-refractivity contribution in [2.45, 2.75) is 31.6 Å². The highest BCUT2D eigenvalue weighted by Crippen LogP contribution is 2.49. The van der Waals surface area contributed by atoms with Crippen molar-refractivity contribution in [2.24, 2.45) is 11.3 Å². The Morgan fingerprint density at radius 2 is 1.76 bits per heavy atom. The first-order valence-corrected chi connectivity index (χ1v) is 10.4. The lowest BCUT2D eigenvalue weighted by atomic mass is 9.72. The standard InChI is InChI=1S/C21H26N4O4/c26-20(16-3-9-27-10-4-16)25-13-17(21(14-25)5-11-28-12-6-21)19-24-23-18(29-19)15-1-7-22-8-2-15/h1-2,7-8,16-17H,3-6,9-14H2. The van der Waals surface area contributed by atoms with Crippen LogP contribution in [0.3, 0.4) is 0 Å². The highest BCUT2D eigenvalue weighted by Gasteiger charge is 2.52. The van der Waals surface area contributed by atoms with Crippen molar-refractivity contribution < 1.29 is 18.7 Å². The molecule has 0 saturated carbocycles. The Bertz CT molecular complexity index is 843. The van der Waals surface area contributed by atoms with Gasteiger partial charge in [0.25, 0.3) is 0 Å². The van der Waals surface area contributed by atoms with Gasteiger partial charge in [-0.2, -0.15) is 0 Å². The lowest BCUT2D eigenvalue weighted by Crippen LogP contribution is -2.40. The summed E-state index contributed by atoms with van der Waals surface area (Å²) in [7, 11) is 0. The van der Waals surface area contributed by atoms with Gasteiger partial charge >= 0.3 is 0 Å². The molecule has 1 spiro atoms. The molecule has 1 amide bonds. The van der Waals surface area contributed by atoms with Crippen molar-refractivity contribution in [3.05, 3.63) is 30.4 Å². The molecule has 2 aromatic rings. The summed E-state index contributed by atoms with van der Waals surface area (Å²) < 4.78 is 17.2. The average molecular weight is 398 g/mol. The van der Waals surface area contributed by atoms with E-state index in [1.54, 1.807) is 12.4 Å². The number of carbonyl (C=O) groups is 1. The van der Waals surface area contributed by atoms with E-state index in [4.69, 9.17) is 13.9 Å². The molecule has 0 aliphatic carbocycles. The van der Waals surface area contributed by atoms with Crippen LogP contribution in [0.4, 0.5) is 0 Å².